The fourth-order valence-electron chi connectivity index (χ4n) is 2.76. The molecule has 1 aliphatic rings. The lowest BCUT2D eigenvalue weighted by atomic mass is 10.1. The lowest BCUT2D eigenvalue weighted by Crippen LogP contribution is -2.23. The summed E-state index contributed by atoms with van der Waals surface area (Å²) in [4.78, 5) is -1.10. The summed E-state index contributed by atoms with van der Waals surface area (Å²) >= 11 is 5.61. The van der Waals surface area contributed by atoms with Crippen LogP contribution >= 0.6 is 11.6 Å². The van der Waals surface area contributed by atoms with E-state index in [2.05, 4.69) is 0 Å². The van der Waals surface area contributed by atoms with Gasteiger partial charge in [-0.1, -0.05) is 11.6 Å². The van der Waals surface area contributed by atoms with Crippen molar-refractivity contribution in [2.45, 2.75) is 29.1 Å². The summed E-state index contributed by atoms with van der Waals surface area (Å²) in [6.07, 6.45) is -3.73. The minimum atomic E-state index is -5.24. The van der Waals surface area contributed by atoms with E-state index in [0.29, 0.717) is 6.07 Å². The molecule has 4 nitrogen and oxygen atoms in total. The fraction of sp³-hybridized carbons (Fsp3) is 0.250. The molecule has 1 atom stereocenters. The monoisotopic (exact) mass is 428 g/mol. The minimum absolute atomic E-state index is 0.0576. The van der Waals surface area contributed by atoms with E-state index >= 15 is 0 Å². The Bertz CT molecular complexity index is 1010. The van der Waals surface area contributed by atoms with Crippen molar-refractivity contribution in [1.29, 1.82) is 0 Å². The Labute approximate surface area is 155 Å². The van der Waals surface area contributed by atoms with E-state index in [9.17, 15) is 35.5 Å². The van der Waals surface area contributed by atoms with Crippen LogP contribution in [0.1, 0.15) is 17.2 Å². The molecule has 11 heteroatoms. The zero-order valence-corrected chi connectivity index (χ0v) is 14.7. The van der Waals surface area contributed by atoms with Gasteiger partial charge in [0.25, 0.3) is 5.92 Å². The Morgan fingerprint density at radius 3 is 2.48 bits per heavy atom. The molecule has 1 aliphatic carbocycles. The minimum Gasteiger partial charge on any atom is -0.457 e. The van der Waals surface area contributed by atoms with E-state index in [1.807, 2.05) is 0 Å². The second kappa shape index (κ2) is 6.61. The lowest BCUT2D eigenvalue weighted by molar-refractivity contribution is -0.0976. The number of hydrogen-bond donors (Lipinski definition) is 1. The number of ether oxygens (including phenoxy) is 1. The van der Waals surface area contributed by atoms with Gasteiger partial charge in [0, 0.05) is 23.6 Å². The van der Waals surface area contributed by atoms with Crippen molar-refractivity contribution in [3.05, 3.63) is 52.3 Å². The SMILES string of the molecule is O=S(=O)(c1ccc(Oc2ccc(F)c(Cl)c2)c2c1C(O)C(F)(F)C2)C(F)F. The molecule has 0 saturated carbocycles. The second-order valence-electron chi connectivity index (χ2n) is 5.78. The maximum Gasteiger partial charge on any atom is 0.341 e. The number of rotatable bonds is 4. The molecule has 0 aromatic heterocycles. The van der Waals surface area contributed by atoms with Crippen LogP contribution in [0.3, 0.4) is 0 Å². The van der Waals surface area contributed by atoms with Crippen molar-refractivity contribution in [1.82, 2.24) is 0 Å². The quantitative estimate of drug-likeness (QED) is 0.729. The third-order valence-electron chi connectivity index (χ3n) is 4.02. The van der Waals surface area contributed by atoms with Gasteiger partial charge in [-0.2, -0.15) is 8.78 Å². The molecule has 0 heterocycles. The van der Waals surface area contributed by atoms with Gasteiger partial charge in [-0.05, 0) is 24.3 Å². The lowest BCUT2D eigenvalue weighted by Gasteiger charge is -2.16. The predicted molar refractivity (Wildman–Crippen MR) is 84.7 cm³/mol. The molecule has 0 bridgehead atoms. The van der Waals surface area contributed by atoms with Crippen LogP contribution in [0, 0.1) is 5.82 Å². The maximum absolute atomic E-state index is 14.0. The molecule has 1 N–H and O–H groups in total. The van der Waals surface area contributed by atoms with Crippen LogP contribution in [0.2, 0.25) is 5.02 Å². The standard InChI is InChI=1S/C16H10ClF5O4S/c17-9-5-7(1-2-10(9)18)26-11-3-4-12(27(24,25)15(19)20)13-8(11)6-16(21,22)14(13)23/h1-5,14-15,23H,6H2. The van der Waals surface area contributed by atoms with Crippen LogP contribution in [-0.2, 0) is 16.3 Å². The third kappa shape index (κ3) is 3.37. The van der Waals surface area contributed by atoms with Crippen molar-refractivity contribution in [3.8, 4) is 11.5 Å². The molecule has 0 radical (unpaired) electrons. The first kappa shape index (κ1) is 19.8. The van der Waals surface area contributed by atoms with Crippen molar-refractivity contribution in [3.63, 3.8) is 0 Å². The van der Waals surface area contributed by atoms with Crippen molar-refractivity contribution in [2.75, 3.05) is 0 Å². The van der Waals surface area contributed by atoms with Gasteiger partial charge in [0.15, 0.2) is 0 Å². The first-order chi connectivity index (χ1) is 12.4. The van der Waals surface area contributed by atoms with Crippen LogP contribution in [0.25, 0.3) is 0 Å². The Morgan fingerprint density at radius 2 is 1.89 bits per heavy atom. The molecule has 0 amide bonds. The molecule has 146 valence electrons. The predicted octanol–water partition coefficient (Wildman–Crippen LogP) is 4.49. The van der Waals surface area contributed by atoms with E-state index < -0.39 is 55.9 Å². The average molecular weight is 429 g/mol. The van der Waals surface area contributed by atoms with Gasteiger partial charge in [-0.15, -0.1) is 0 Å². The van der Waals surface area contributed by atoms with E-state index in [1.54, 1.807) is 0 Å². The molecule has 0 aliphatic heterocycles. The van der Waals surface area contributed by atoms with Gasteiger partial charge < -0.3 is 9.84 Å². The number of aliphatic hydroxyl groups excluding tert-OH is 1. The molecule has 1 unspecified atom stereocenters. The summed E-state index contributed by atoms with van der Waals surface area (Å²) < 4.78 is 95.9. The molecule has 27 heavy (non-hydrogen) atoms. The van der Waals surface area contributed by atoms with Crippen molar-refractivity contribution >= 4 is 21.4 Å². The molecule has 0 saturated heterocycles. The van der Waals surface area contributed by atoms with Gasteiger partial charge >= 0.3 is 5.76 Å². The Hall–Kier alpha value is -1.91. The molecule has 2 aromatic rings. The van der Waals surface area contributed by atoms with E-state index in [1.165, 1.54) is 0 Å². The number of fused-ring (bicyclic) bond motifs is 1. The number of aliphatic hydroxyl groups is 1. The fourth-order valence-corrected chi connectivity index (χ4v) is 3.92. The largest absolute Gasteiger partial charge is 0.457 e. The summed E-state index contributed by atoms with van der Waals surface area (Å²) in [5, 5.41) is 9.51. The molecule has 0 spiro atoms. The normalized spacial score (nSPS) is 18.6. The van der Waals surface area contributed by atoms with E-state index in [0.717, 1.165) is 24.3 Å². The van der Waals surface area contributed by atoms with Crippen LogP contribution in [0.4, 0.5) is 22.0 Å². The third-order valence-corrected chi connectivity index (χ3v) is 5.75. The number of alkyl halides is 4. The maximum atomic E-state index is 14.0. The highest BCUT2D eigenvalue weighted by atomic mass is 35.5. The number of hydrogen-bond acceptors (Lipinski definition) is 4. The first-order valence-corrected chi connectivity index (χ1v) is 9.24. The summed E-state index contributed by atoms with van der Waals surface area (Å²) in [6.45, 7) is 0. The zero-order valence-electron chi connectivity index (χ0n) is 13.1. The number of benzene rings is 2. The van der Waals surface area contributed by atoms with Gasteiger partial charge in [0.05, 0.1) is 9.92 Å². The van der Waals surface area contributed by atoms with Crippen molar-refractivity contribution < 1.29 is 40.2 Å². The van der Waals surface area contributed by atoms with Crippen LogP contribution in [-0.4, -0.2) is 25.2 Å². The van der Waals surface area contributed by atoms with Crippen LogP contribution in [0.15, 0.2) is 35.2 Å². The summed E-state index contributed by atoms with van der Waals surface area (Å²) in [5.41, 5.74) is -1.28. The first-order valence-electron chi connectivity index (χ1n) is 7.32. The molecule has 2 aromatic carbocycles. The van der Waals surface area contributed by atoms with E-state index in [-0.39, 0.29) is 16.5 Å². The Kier molecular flexibility index (Phi) is 4.86. The topological polar surface area (TPSA) is 63.6 Å². The molecule has 3 rings (SSSR count). The second-order valence-corrected chi connectivity index (χ2v) is 8.07. The van der Waals surface area contributed by atoms with Gasteiger partial charge in [-0.25, -0.2) is 21.6 Å². The molecule has 0 fully saturated rings. The Balaban J connectivity index is 2.15. The van der Waals surface area contributed by atoms with Gasteiger partial charge in [0.2, 0.25) is 9.84 Å². The van der Waals surface area contributed by atoms with Gasteiger partial charge in [0.1, 0.15) is 23.4 Å². The molecular weight excluding hydrogens is 419 g/mol. The highest BCUT2D eigenvalue weighted by molar-refractivity contribution is 7.91. The average Bonchev–Trinajstić information content (AvgIpc) is 2.82. The van der Waals surface area contributed by atoms with Crippen molar-refractivity contribution in [2.24, 2.45) is 0 Å². The highest BCUT2D eigenvalue weighted by Gasteiger charge is 2.51. The summed E-state index contributed by atoms with van der Waals surface area (Å²) in [6, 6.07) is 4.72. The van der Waals surface area contributed by atoms with Gasteiger partial charge in [-0.3, -0.25) is 0 Å². The Morgan fingerprint density at radius 1 is 1.22 bits per heavy atom. The highest BCUT2D eigenvalue weighted by Crippen LogP contribution is 2.50. The summed E-state index contributed by atoms with van der Waals surface area (Å²) in [7, 11) is -5.24. The van der Waals surface area contributed by atoms with E-state index in [4.69, 9.17) is 16.3 Å². The smallest absolute Gasteiger partial charge is 0.341 e. The molecular formula is C16H10ClF5O4S. The van der Waals surface area contributed by atoms with Crippen LogP contribution < -0.4 is 4.74 Å². The number of halogens is 6. The number of sulfone groups is 1. The van der Waals surface area contributed by atoms with Crippen LogP contribution in [0.5, 0.6) is 11.5 Å². The summed E-state index contributed by atoms with van der Waals surface area (Å²) in [5.74, 6) is -8.75. The zero-order chi connectivity index (χ0) is 20.1.